The number of amides is 2. The van der Waals surface area contributed by atoms with Crippen molar-refractivity contribution in [3.63, 3.8) is 0 Å². The van der Waals surface area contributed by atoms with Crippen molar-refractivity contribution in [3.05, 3.63) is 41.1 Å². The molecule has 138 valence electrons. The van der Waals surface area contributed by atoms with Crippen LogP contribution in [0.15, 0.2) is 22.8 Å². The summed E-state index contributed by atoms with van der Waals surface area (Å²) in [5, 5.41) is 4.52. The van der Waals surface area contributed by atoms with Gasteiger partial charge in [-0.15, -0.1) is 0 Å². The highest BCUT2D eigenvalue weighted by Crippen LogP contribution is 2.25. The minimum Gasteiger partial charge on any atom is -0.459 e. The largest absolute Gasteiger partial charge is 0.459 e. The van der Waals surface area contributed by atoms with Gasteiger partial charge in [0, 0.05) is 44.5 Å². The van der Waals surface area contributed by atoms with E-state index >= 15 is 0 Å². The van der Waals surface area contributed by atoms with Crippen LogP contribution in [0.25, 0.3) is 0 Å². The van der Waals surface area contributed by atoms with Crippen LogP contribution in [0.4, 0.5) is 0 Å². The first-order valence-electron chi connectivity index (χ1n) is 9.32. The van der Waals surface area contributed by atoms with E-state index in [1.807, 2.05) is 16.6 Å². The fourth-order valence-corrected chi connectivity index (χ4v) is 3.97. The molecule has 0 spiro atoms. The van der Waals surface area contributed by atoms with E-state index in [0.717, 1.165) is 37.7 Å². The molecule has 2 aliphatic rings. The van der Waals surface area contributed by atoms with Gasteiger partial charge in [-0.2, -0.15) is 5.10 Å². The summed E-state index contributed by atoms with van der Waals surface area (Å²) in [5.74, 6) is 0.235. The minimum absolute atomic E-state index is 0.00366. The average molecular weight is 356 g/mol. The van der Waals surface area contributed by atoms with E-state index in [-0.39, 0.29) is 11.8 Å². The molecule has 2 aromatic heterocycles. The van der Waals surface area contributed by atoms with Gasteiger partial charge in [0.15, 0.2) is 11.5 Å². The van der Waals surface area contributed by atoms with Gasteiger partial charge in [0.1, 0.15) is 0 Å². The molecule has 1 fully saturated rings. The molecule has 2 aromatic rings. The lowest BCUT2D eigenvalue weighted by atomic mass is 9.95. The molecule has 0 saturated carbocycles. The highest BCUT2D eigenvalue weighted by atomic mass is 16.3. The van der Waals surface area contributed by atoms with E-state index in [1.165, 1.54) is 12.0 Å². The number of furan rings is 1. The molecule has 0 unspecified atom stereocenters. The Morgan fingerprint density at radius 1 is 1.00 bits per heavy atom. The van der Waals surface area contributed by atoms with Crippen LogP contribution in [-0.4, -0.2) is 57.6 Å². The van der Waals surface area contributed by atoms with Crippen molar-refractivity contribution >= 4 is 11.8 Å². The Labute approximate surface area is 152 Å². The van der Waals surface area contributed by atoms with Gasteiger partial charge in [-0.25, -0.2) is 0 Å². The van der Waals surface area contributed by atoms with E-state index < -0.39 is 0 Å². The molecule has 0 aromatic carbocycles. The summed E-state index contributed by atoms with van der Waals surface area (Å²) in [6, 6.07) is 3.39. The number of fused-ring (bicyclic) bond motifs is 1. The quantitative estimate of drug-likeness (QED) is 0.824. The van der Waals surface area contributed by atoms with Crippen LogP contribution in [0.2, 0.25) is 0 Å². The predicted molar refractivity (Wildman–Crippen MR) is 95.0 cm³/mol. The fraction of sp³-hybridized carbons (Fsp3) is 0.526. The van der Waals surface area contributed by atoms with E-state index in [9.17, 15) is 9.59 Å². The van der Waals surface area contributed by atoms with Crippen molar-refractivity contribution in [1.29, 1.82) is 0 Å². The summed E-state index contributed by atoms with van der Waals surface area (Å²) < 4.78 is 7.08. The molecule has 1 aliphatic carbocycles. The second-order valence-corrected chi connectivity index (χ2v) is 7.02. The lowest BCUT2D eigenvalue weighted by molar-refractivity contribution is 0.0697. The number of hydrogen-bond donors (Lipinski definition) is 0. The smallest absolute Gasteiger partial charge is 0.289 e. The molecular formula is C19H24N4O3. The minimum atomic E-state index is -0.112. The Morgan fingerprint density at radius 2 is 1.73 bits per heavy atom. The summed E-state index contributed by atoms with van der Waals surface area (Å²) >= 11 is 0. The van der Waals surface area contributed by atoms with Crippen molar-refractivity contribution in [2.75, 3.05) is 26.2 Å². The molecule has 0 bridgehead atoms. The van der Waals surface area contributed by atoms with Crippen molar-refractivity contribution in [2.24, 2.45) is 7.05 Å². The van der Waals surface area contributed by atoms with E-state index in [4.69, 9.17) is 4.42 Å². The average Bonchev–Trinajstić information content (AvgIpc) is 3.23. The first-order valence-corrected chi connectivity index (χ1v) is 9.32. The van der Waals surface area contributed by atoms with Crippen molar-refractivity contribution in [2.45, 2.75) is 32.1 Å². The molecule has 26 heavy (non-hydrogen) atoms. The third kappa shape index (κ3) is 3.02. The normalized spacial score (nSPS) is 17.7. The van der Waals surface area contributed by atoms with Gasteiger partial charge >= 0.3 is 0 Å². The third-order valence-electron chi connectivity index (χ3n) is 5.37. The Hall–Kier alpha value is -2.57. The Balaban J connectivity index is 1.48. The van der Waals surface area contributed by atoms with Gasteiger partial charge in [0.05, 0.1) is 6.26 Å². The Kier molecular flexibility index (Phi) is 4.53. The van der Waals surface area contributed by atoms with Gasteiger partial charge in [-0.1, -0.05) is 0 Å². The topological polar surface area (TPSA) is 71.6 Å². The molecule has 7 heteroatoms. The summed E-state index contributed by atoms with van der Waals surface area (Å²) in [7, 11) is 1.92. The molecule has 3 heterocycles. The molecule has 4 rings (SSSR count). The maximum atomic E-state index is 13.1. The van der Waals surface area contributed by atoms with Gasteiger partial charge in [0.2, 0.25) is 0 Å². The van der Waals surface area contributed by atoms with E-state index in [1.54, 1.807) is 17.0 Å². The maximum absolute atomic E-state index is 13.1. The number of nitrogens with zero attached hydrogens (tertiary/aromatic N) is 4. The fourth-order valence-electron chi connectivity index (χ4n) is 3.97. The zero-order valence-corrected chi connectivity index (χ0v) is 15.1. The second-order valence-electron chi connectivity index (χ2n) is 7.02. The van der Waals surface area contributed by atoms with Gasteiger partial charge in [-0.3, -0.25) is 14.3 Å². The number of carbonyl (C=O) groups excluding carboxylic acids is 2. The molecular weight excluding hydrogens is 332 g/mol. The summed E-state index contributed by atoms with van der Waals surface area (Å²) in [4.78, 5) is 29.1. The molecule has 7 nitrogen and oxygen atoms in total. The highest BCUT2D eigenvalue weighted by Gasteiger charge is 2.29. The van der Waals surface area contributed by atoms with Crippen molar-refractivity contribution in [1.82, 2.24) is 19.6 Å². The third-order valence-corrected chi connectivity index (χ3v) is 5.37. The Bertz CT molecular complexity index is 809. The van der Waals surface area contributed by atoms with Crippen LogP contribution in [0.3, 0.4) is 0 Å². The van der Waals surface area contributed by atoms with Gasteiger partial charge in [-0.05, 0) is 44.2 Å². The molecule has 0 atom stereocenters. The standard InChI is InChI=1S/C19H24N4O3/c1-21-15-7-3-2-6-14(15)17(20-21)19(25)23-10-5-9-22(11-12-23)18(24)16-8-4-13-26-16/h4,8,13H,2-3,5-7,9-12H2,1H3. The second kappa shape index (κ2) is 6.97. The van der Waals surface area contributed by atoms with Crippen molar-refractivity contribution in [3.8, 4) is 0 Å². The molecule has 2 amide bonds. The summed E-state index contributed by atoms with van der Waals surface area (Å²) in [6.45, 7) is 2.31. The summed E-state index contributed by atoms with van der Waals surface area (Å²) in [5.41, 5.74) is 2.92. The first-order chi connectivity index (χ1) is 12.6. The predicted octanol–water partition coefficient (Wildman–Crippen LogP) is 1.88. The molecule has 1 aliphatic heterocycles. The number of aromatic nitrogens is 2. The Morgan fingerprint density at radius 3 is 2.46 bits per heavy atom. The van der Waals surface area contributed by atoms with Crippen molar-refractivity contribution < 1.29 is 14.0 Å². The molecule has 1 saturated heterocycles. The molecule has 0 N–H and O–H groups in total. The van der Waals surface area contributed by atoms with E-state index in [0.29, 0.717) is 37.6 Å². The van der Waals surface area contributed by atoms with E-state index in [2.05, 4.69) is 5.10 Å². The zero-order valence-electron chi connectivity index (χ0n) is 15.1. The first kappa shape index (κ1) is 16.9. The lowest BCUT2D eigenvalue weighted by Crippen LogP contribution is -2.37. The lowest BCUT2D eigenvalue weighted by Gasteiger charge is -2.21. The number of rotatable bonds is 2. The SMILES string of the molecule is Cn1nc(C(=O)N2CCCN(C(=O)c3ccco3)CC2)c2c1CCCC2. The number of aryl methyl sites for hydroxylation is 1. The highest BCUT2D eigenvalue weighted by molar-refractivity contribution is 5.94. The van der Waals surface area contributed by atoms with Gasteiger partial charge < -0.3 is 14.2 Å². The van der Waals surface area contributed by atoms with Crippen LogP contribution in [0.5, 0.6) is 0 Å². The monoisotopic (exact) mass is 356 g/mol. The zero-order chi connectivity index (χ0) is 18.1. The van der Waals surface area contributed by atoms with Crippen LogP contribution < -0.4 is 0 Å². The van der Waals surface area contributed by atoms with Crippen LogP contribution in [-0.2, 0) is 19.9 Å². The number of carbonyl (C=O) groups is 2. The number of hydrogen-bond acceptors (Lipinski definition) is 4. The van der Waals surface area contributed by atoms with Gasteiger partial charge in [0.25, 0.3) is 11.8 Å². The van der Waals surface area contributed by atoms with Crippen LogP contribution in [0.1, 0.15) is 51.6 Å². The maximum Gasteiger partial charge on any atom is 0.289 e. The summed E-state index contributed by atoms with van der Waals surface area (Å²) in [6.07, 6.45) is 6.47. The van der Waals surface area contributed by atoms with Crippen LogP contribution >= 0.6 is 0 Å². The van der Waals surface area contributed by atoms with Crippen LogP contribution in [0, 0.1) is 0 Å². The molecule has 0 radical (unpaired) electrons.